The predicted molar refractivity (Wildman–Crippen MR) is 105 cm³/mol. The molecule has 4 rings (SSSR count). The number of hydrogen-bond acceptors (Lipinski definition) is 2. The number of carbonyl (C=O) groups excluding carboxylic acids is 2. The SMILES string of the molecule is O=C1CCCCN1c1ccccc1.O=C1CCCCN1c1ccccc1. The minimum atomic E-state index is 0.262. The van der Waals surface area contributed by atoms with Gasteiger partial charge in [0, 0.05) is 37.3 Å². The zero-order valence-corrected chi connectivity index (χ0v) is 15.1. The first kappa shape index (κ1) is 18.2. The van der Waals surface area contributed by atoms with E-state index in [-0.39, 0.29) is 11.8 Å². The van der Waals surface area contributed by atoms with Crippen LogP contribution in [0.3, 0.4) is 0 Å². The highest BCUT2D eigenvalue weighted by Crippen LogP contribution is 2.20. The van der Waals surface area contributed by atoms with Crippen LogP contribution in [0.15, 0.2) is 60.7 Å². The highest BCUT2D eigenvalue weighted by atomic mass is 16.2. The molecule has 4 nitrogen and oxygen atoms in total. The van der Waals surface area contributed by atoms with E-state index in [4.69, 9.17) is 0 Å². The third-order valence-corrected chi connectivity index (χ3v) is 4.78. The van der Waals surface area contributed by atoms with E-state index in [2.05, 4.69) is 0 Å². The Hall–Kier alpha value is -2.62. The van der Waals surface area contributed by atoms with Crippen molar-refractivity contribution in [1.29, 1.82) is 0 Å². The van der Waals surface area contributed by atoms with Gasteiger partial charge in [-0.3, -0.25) is 9.59 Å². The van der Waals surface area contributed by atoms with Crippen LogP contribution in [0.5, 0.6) is 0 Å². The Morgan fingerprint density at radius 1 is 0.538 bits per heavy atom. The van der Waals surface area contributed by atoms with Crippen molar-refractivity contribution in [2.24, 2.45) is 0 Å². The monoisotopic (exact) mass is 350 g/mol. The smallest absolute Gasteiger partial charge is 0.226 e. The molecule has 0 aromatic heterocycles. The summed E-state index contributed by atoms with van der Waals surface area (Å²) < 4.78 is 0. The van der Waals surface area contributed by atoms with Crippen LogP contribution in [-0.2, 0) is 9.59 Å². The van der Waals surface area contributed by atoms with Gasteiger partial charge in [-0.25, -0.2) is 0 Å². The summed E-state index contributed by atoms with van der Waals surface area (Å²) in [6.07, 6.45) is 5.75. The lowest BCUT2D eigenvalue weighted by molar-refractivity contribution is -0.120. The topological polar surface area (TPSA) is 40.6 Å². The maximum Gasteiger partial charge on any atom is 0.226 e. The van der Waals surface area contributed by atoms with E-state index in [0.717, 1.165) is 50.1 Å². The molecule has 0 bridgehead atoms. The predicted octanol–water partition coefficient (Wildman–Crippen LogP) is 4.41. The Morgan fingerprint density at radius 2 is 0.923 bits per heavy atom. The van der Waals surface area contributed by atoms with Gasteiger partial charge in [-0.05, 0) is 49.9 Å². The Labute approximate surface area is 155 Å². The van der Waals surface area contributed by atoms with Gasteiger partial charge in [-0.1, -0.05) is 36.4 Å². The highest BCUT2D eigenvalue weighted by molar-refractivity contribution is 5.94. The zero-order valence-electron chi connectivity index (χ0n) is 15.1. The van der Waals surface area contributed by atoms with Crippen molar-refractivity contribution < 1.29 is 9.59 Å². The number of para-hydroxylation sites is 2. The molecule has 0 N–H and O–H groups in total. The van der Waals surface area contributed by atoms with Crippen LogP contribution in [0, 0.1) is 0 Å². The third-order valence-electron chi connectivity index (χ3n) is 4.78. The number of amides is 2. The van der Waals surface area contributed by atoms with Crippen LogP contribution >= 0.6 is 0 Å². The van der Waals surface area contributed by atoms with Crippen LogP contribution in [0.25, 0.3) is 0 Å². The first-order valence-electron chi connectivity index (χ1n) is 9.46. The van der Waals surface area contributed by atoms with E-state index in [1.54, 1.807) is 0 Å². The molecule has 2 saturated heterocycles. The standard InChI is InChI=1S/2C11H13NO/c2*13-11-8-4-5-9-12(11)10-6-2-1-3-7-10/h2*1-3,6-7H,4-5,8-9H2. The fourth-order valence-electron chi connectivity index (χ4n) is 3.37. The Bertz CT molecular complexity index is 652. The van der Waals surface area contributed by atoms with Crippen molar-refractivity contribution in [1.82, 2.24) is 0 Å². The van der Waals surface area contributed by atoms with Crippen molar-refractivity contribution in [2.45, 2.75) is 38.5 Å². The van der Waals surface area contributed by atoms with E-state index >= 15 is 0 Å². The first-order valence-corrected chi connectivity index (χ1v) is 9.46. The summed E-state index contributed by atoms with van der Waals surface area (Å²) in [7, 11) is 0. The van der Waals surface area contributed by atoms with Crippen molar-refractivity contribution in [3.05, 3.63) is 60.7 Å². The molecule has 2 aromatic carbocycles. The van der Waals surface area contributed by atoms with Gasteiger partial charge in [0.1, 0.15) is 0 Å². The summed E-state index contributed by atoms with van der Waals surface area (Å²) in [5.74, 6) is 0.523. The highest BCUT2D eigenvalue weighted by Gasteiger charge is 2.19. The van der Waals surface area contributed by atoms with Gasteiger partial charge < -0.3 is 9.80 Å². The molecule has 0 radical (unpaired) electrons. The van der Waals surface area contributed by atoms with E-state index < -0.39 is 0 Å². The summed E-state index contributed by atoms with van der Waals surface area (Å²) in [4.78, 5) is 26.8. The summed E-state index contributed by atoms with van der Waals surface area (Å²) >= 11 is 0. The van der Waals surface area contributed by atoms with Gasteiger partial charge in [0.15, 0.2) is 0 Å². The maximum absolute atomic E-state index is 11.5. The van der Waals surface area contributed by atoms with E-state index in [1.165, 1.54) is 0 Å². The molecule has 2 amide bonds. The Kier molecular flexibility index (Phi) is 6.42. The zero-order chi connectivity index (χ0) is 18.2. The summed E-state index contributed by atoms with van der Waals surface area (Å²) in [5, 5.41) is 0. The average Bonchev–Trinajstić information content (AvgIpc) is 2.71. The van der Waals surface area contributed by atoms with Gasteiger partial charge in [0.05, 0.1) is 0 Å². The van der Waals surface area contributed by atoms with Crippen molar-refractivity contribution >= 4 is 23.2 Å². The third kappa shape index (κ3) is 4.72. The number of benzene rings is 2. The van der Waals surface area contributed by atoms with E-state index in [0.29, 0.717) is 12.8 Å². The van der Waals surface area contributed by atoms with Gasteiger partial charge in [0.25, 0.3) is 0 Å². The summed E-state index contributed by atoms with van der Waals surface area (Å²) in [6.45, 7) is 1.76. The fourth-order valence-corrected chi connectivity index (χ4v) is 3.37. The molecule has 26 heavy (non-hydrogen) atoms. The lowest BCUT2D eigenvalue weighted by Crippen LogP contribution is -2.35. The minimum Gasteiger partial charge on any atom is -0.312 e. The molecule has 2 aliphatic heterocycles. The van der Waals surface area contributed by atoms with Crippen molar-refractivity contribution in [3.8, 4) is 0 Å². The molecular formula is C22H26N2O2. The molecule has 2 fully saturated rings. The van der Waals surface area contributed by atoms with Crippen molar-refractivity contribution in [3.63, 3.8) is 0 Å². The molecule has 2 aromatic rings. The largest absolute Gasteiger partial charge is 0.312 e. The van der Waals surface area contributed by atoms with Crippen molar-refractivity contribution in [2.75, 3.05) is 22.9 Å². The van der Waals surface area contributed by atoms with Gasteiger partial charge in [0.2, 0.25) is 11.8 Å². The fraction of sp³-hybridized carbons (Fsp3) is 0.364. The van der Waals surface area contributed by atoms with Gasteiger partial charge in [-0.2, -0.15) is 0 Å². The number of rotatable bonds is 2. The lowest BCUT2D eigenvalue weighted by atomic mass is 10.1. The molecule has 0 spiro atoms. The molecule has 0 unspecified atom stereocenters. The van der Waals surface area contributed by atoms with Crippen LogP contribution < -0.4 is 9.80 Å². The normalized spacial score (nSPS) is 17.5. The first-order chi connectivity index (χ1) is 12.8. The molecule has 2 aliphatic rings. The van der Waals surface area contributed by atoms with Crippen LogP contribution in [0.2, 0.25) is 0 Å². The molecule has 0 aliphatic carbocycles. The quantitative estimate of drug-likeness (QED) is 0.805. The summed E-state index contributed by atoms with van der Waals surface area (Å²) in [6, 6.07) is 19.8. The molecule has 136 valence electrons. The average molecular weight is 350 g/mol. The number of nitrogens with zero attached hydrogens (tertiary/aromatic N) is 2. The maximum atomic E-state index is 11.5. The second kappa shape index (κ2) is 9.18. The molecule has 2 heterocycles. The molecule has 0 saturated carbocycles. The molecule has 0 atom stereocenters. The second-order valence-electron chi connectivity index (χ2n) is 6.68. The van der Waals surface area contributed by atoms with Crippen LogP contribution in [0.1, 0.15) is 38.5 Å². The van der Waals surface area contributed by atoms with Crippen LogP contribution in [0.4, 0.5) is 11.4 Å². The van der Waals surface area contributed by atoms with Crippen LogP contribution in [-0.4, -0.2) is 24.9 Å². The Balaban J connectivity index is 0.000000151. The molecule has 4 heteroatoms. The van der Waals surface area contributed by atoms with E-state index in [9.17, 15) is 9.59 Å². The number of piperidine rings is 2. The summed E-state index contributed by atoms with van der Waals surface area (Å²) in [5.41, 5.74) is 2.07. The number of anilines is 2. The second-order valence-corrected chi connectivity index (χ2v) is 6.68. The minimum absolute atomic E-state index is 0.262. The molecular weight excluding hydrogens is 324 g/mol. The lowest BCUT2D eigenvalue weighted by Gasteiger charge is -2.26. The van der Waals surface area contributed by atoms with Gasteiger partial charge >= 0.3 is 0 Å². The number of hydrogen-bond donors (Lipinski definition) is 0. The van der Waals surface area contributed by atoms with E-state index in [1.807, 2.05) is 70.5 Å². The van der Waals surface area contributed by atoms with Gasteiger partial charge in [-0.15, -0.1) is 0 Å². The number of carbonyl (C=O) groups is 2. The Morgan fingerprint density at radius 3 is 1.27 bits per heavy atom.